The summed E-state index contributed by atoms with van der Waals surface area (Å²) in [5, 5.41) is -0.476. The number of hydrogen-bond donors (Lipinski definition) is 0. The molecule has 52 valence electrons. The number of hydrogen-bond acceptors (Lipinski definition) is 2. The van der Waals surface area contributed by atoms with Crippen LogP contribution in [0.15, 0.2) is 12.3 Å². The second kappa shape index (κ2) is 5.63. The fraction of sp³-hybridized carbons (Fsp3) is 0.500. The van der Waals surface area contributed by atoms with Crippen molar-refractivity contribution < 1.29 is 9.53 Å². The molecule has 0 atom stereocenters. The van der Waals surface area contributed by atoms with Crippen LogP contribution in [-0.4, -0.2) is 11.8 Å². The minimum absolute atomic E-state index is 0.0436. The van der Waals surface area contributed by atoms with Gasteiger partial charge in [-0.25, -0.2) is 0 Å². The van der Waals surface area contributed by atoms with Crippen molar-refractivity contribution in [2.45, 2.75) is 13.3 Å². The Morgan fingerprint density at radius 1 is 1.78 bits per heavy atom. The van der Waals surface area contributed by atoms with Crippen LogP contribution in [-0.2, 0) is 9.53 Å². The van der Waals surface area contributed by atoms with Gasteiger partial charge in [-0.05, 0) is 18.0 Å². The first-order valence-electron chi connectivity index (χ1n) is 2.72. The molecule has 0 N–H and O–H groups in total. The zero-order chi connectivity index (χ0) is 7.11. The zero-order valence-electron chi connectivity index (χ0n) is 5.26. The third-order valence-corrected chi connectivity index (χ3v) is 0.734. The monoisotopic (exact) mass is 148 g/mol. The maximum Gasteiger partial charge on any atom is 0.259 e. The highest BCUT2D eigenvalue weighted by molar-refractivity contribution is 6.63. The van der Waals surface area contributed by atoms with Gasteiger partial charge in [0.15, 0.2) is 6.61 Å². The second-order valence-electron chi connectivity index (χ2n) is 1.45. The van der Waals surface area contributed by atoms with Gasteiger partial charge in [0.1, 0.15) is 0 Å². The van der Waals surface area contributed by atoms with E-state index in [9.17, 15) is 4.79 Å². The average Bonchev–Trinajstić information content (AvgIpc) is 1.80. The molecule has 0 radical (unpaired) electrons. The van der Waals surface area contributed by atoms with E-state index in [1.54, 1.807) is 6.08 Å². The maximum atomic E-state index is 10.0. The lowest BCUT2D eigenvalue weighted by Gasteiger charge is -1.91. The molecular weight excluding hydrogens is 140 g/mol. The van der Waals surface area contributed by atoms with E-state index in [4.69, 9.17) is 11.6 Å². The van der Waals surface area contributed by atoms with Gasteiger partial charge in [-0.3, -0.25) is 4.79 Å². The lowest BCUT2D eigenvalue weighted by molar-refractivity contribution is -0.114. The summed E-state index contributed by atoms with van der Waals surface area (Å²) >= 11 is 4.96. The van der Waals surface area contributed by atoms with E-state index in [-0.39, 0.29) is 6.61 Å². The normalized spacial score (nSPS) is 10.0. The smallest absolute Gasteiger partial charge is 0.259 e. The first-order valence-corrected chi connectivity index (χ1v) is 3.10. The number of ether oxygens (including phenoxy) is 1. The topological polar surface area (TPSA) is 26.3 Å². The Morgan fingerprint density at radius 2 is 2.44 bits per heavy atom. The van der Waals surface area contributed by atoms with E-state index < -0.39 is 5.24 Å². The van der Waals surface area contributed by atoms with E-state index in [0.717, 1.165) is 6.42 Å². The molecule has 9 heavy (non-hydrogen) atoms. The number of carbonyl (C=O) groups excluding carboxylic acids is 1. The Hall–Kier alpha value is -0.500. The molecule has 0 unspecified atom stereocenters. The highest BCUT2D eigenvalue weighted by atomic mass is 35.5. The van der Waals surface area contributed by atoms with Crippen molar-refractivity contribution >= 4 is 16.8 Å². The number of carbonyl (C=O) groups is 1. The van der Waals surface area contributed by atoms with Gasteiger partial charge in [-0.15, -0.1) is 0 Å². The summed E-state index contributed by atoms with van der Waals surface area (Å²) in [6.07, 6.45) is 4.18. The number of rotatable bonds is 4. The fourth-order valence-electron chi connectivity index (χ4n) is 0.278. The van der Waals surface area contributed by atoms with Gasteiger partial charge in [0, 0.05) is 0 Å². The summed E-state index contributed by atoms with van der Waals surface area (Å²) in [6.45, 7) is 1.93. The maximum absolute atomic E-state index is 10.0. The molecule has 0 saturated heterocycles. The number of halogens is 1. The van der Waals surface area contributed by atoms with Crippen molar-refractivity contribution in [2.24, 2.45) is 0 Å². The van der Waals surface area contributed by atoms with Crippen molar-refractivity contribution in [1.82, 2.24) is 0 Å². The summed E-state index contributed by atoms with van der Waals surface area (Å²) < 4.78 is 4.67. The summed E-state index contributed by atoms with van der Waals surface area (Å²) in [4.78, 5) is 10.0. The average molecular weight is 149 g/mol. The molecule has 0 fully saturated rings. The highest BCUT2D eigenvalue weighted by Crippen LogP contribution is 1.85. The molecule has 2 nitrogen and oxygen atoms in total. The quantitative estimate of drug-likeness (QED) is 0.448. The summed E-state index contributed by atoms with van der Waals surface area (Å²) in [6, 6.07) is 0. The molecule has 0 aliphatic carbocycles. The molecule has 0 bridgehead atoms. The molecule has 0 rings (SSSR count). The van der Waals surface area contributed by atoms with Crippen LogP contribution in [0, 0.1) is 0 Å². The summed E-state index contributed by atoms with van der Waals surface area (Å²) in [5.41, 5.74) is 0. The second-order valence-corrected chi connectivity index (χ2v) is 1.87. The first kappa shape index (κ1) is 8.50. The molecule has 0 aliphatic heterocycles. The van der Waals surface area contributed by atoms with Crippen molar-refractivity contribution in [2.75, 3.05) is 6.61 Å². The van der Waals surface area contributed by atoms with Crippen molar-refractivity contribution in [1.29, 1.82) is 0 Å². The van der Waals surface area contributed by atoms with E-state index in [1.165, 1.54) is 6.26 Å². The van der Waals surface area contributed by atoms with Crippen LogP contribution >= 0.6 is 11.6 Å². The van der Waals surface area contributed by atoms with Crippen LogP contribution in [0.2, 0.25) is 0 Å². The molecule has 0 saturated carbocycles. The largest absolute Gasteiger partial charge is 0.492 e. The molecule has 0 aromatic carbocycles. The molecular formula is C6H9ClO2. The SMILES string of the molecule is CCC=COCC(=O)Cl. The van der Waals surface area contributed by atoms with Crippen LogP contribution in [0.4, 0.5) is 0 Å². The zero-order valence-corrected chi connectivity index (χ0v) is 6.02. The molecule has 0 heterocycles. The standard InChI is InChI=1S/C6H9ClO2/c1-2-3-4-9-5-6(7)8/h3-4H,2,5H2,1H3. The predicted octanol–water partition coefficient (Wildman–Crippen LogP) is 1.69. The molecule has 3 heteroatoms. The van der Waals surface area contributed by atoms with E-state index in [1.807, 2.05) is 6.92 Å². The van der Waals surface area contributed by atoms with Crippen LogP contribution in [0.3, 0.4) is 0 Å². The molecule has 0 aromatic heterocycles. The third kappa shape index (κ3) is 7.50. The minimum Gasteiger partial charge on any atom is -0.492 e. The van der Waals surface area contributed by atoms with Gasteiger partial charge >= 0.3 is 0 Å². The van der Waals surface area contributed by atoms with Gasteiger partial charge in [0.2, 0.25) is 0 Å². The van der Waals surface area contributed by atoms with Crippen molar-refractivity contribution in [3.8, 4) is 0 Å². The van der Waals surface area contributed by atoms with Gasteiger partial charge in [-0.2, -0.15) is 0 Å². The molecule has 0 amide bonds. The fourth-order valence-corrected chi connectivity index (χ4v) is 0.341. The molecule has 0 aromatic rings. The first-order chi connectivity index (χ1) is 4.27. The Labute approximate surface area is 59.5 Å². The van der Waals surface area contributed by atoms with E-state index >= 15 is 0 Å². The molecule has 0 spiro atoms. The Balaban J connectivity index is 3.09. The number of allylic oxidation sites excluding steroid dienone is 1. The Kier molecular flexibility index (Phi) is 5.32. The van der Waals surface area contributed by atoms with Gasteiger partial charge in [0.05, 0.1) is 6.26 Å². The van der Waals surface area contributed by atoms with Crippen LogP contribution in [0.1, 0.15) is 13.3 Å². The minimum atomic E-state index is -0.476. The lowest BCUT2D eigenvalue weighted by Crippen LogP contribution is -1.95. The Bertz CT molecular complexity index is 110. The van der Waals surface area contributed by atoms with Crippen molar-refractivity contribution in [3.05, 3.63) is 12.3 Å². The lowest BCUT2D eigenvalue weighted by atomic mass is 10.5. The summed E-state index contributed by atoms with van der Waals surface area (Å²) in [7, 11) is 0. The van der Waals surface area contributed by atoms with E-state index in [2.05, 4.69) is 4.74 Å². The summed E-state index contributed by atoms with van der Waals surface area (Å²) in [5.74, 6) is 0. The Morgan fingerprint density at radius 3 is 2.89 bits per heavy atom. The molecule has 0 aliphatic rings. The van der Waals surface area contributed by atoms with E-state index in [0.29, 0.717) is 0 Å². The van der Waals surface area contributed by atoms with Gasteiger partial charge < -0.3 is 4.74 Å². The van der Waals surface area contributed by atoms with Crippen LogP contribution < -0.4 is 0 Å². The van der Waals surface area contributed by atoms with Gasteiger partial charge in [-0.1, -0.05) is 13.0 Å². The van der Waals surface area contributed by atoms with Crippen molar-refractivity contribution in [3.63, 3.8) is 0 Å². The highest BCUT2D eigenvalue weighted by Gasteiger charge is 1.89. The van der Waals surface area contributed by atoms with Crippen LogP contribution in [0.5, 0.6) is 0 Å². The van der Waals surface area contributed by atoms with Gasteiger partial charge in [0.25, 0.3) is 5.24 Å². The third-order valence-electron chi connectivity index (χ3n) is 0.625. The van der Waals surface area contributed by atoms with Crippen LogP contribution in [0.25, 0.3) is 0 Å². The predicted molar refractivity (Wildman–Crippen MR) is 36.2 cm³/mol.